The molecule has 0 unspecified atom stereocenters. The predicted molar refractivity (Wildman–Crippen MR) is 220 cm³/mol. The number of hydrogen-bond acceptors (Lipinski definition) is 6. The number of carbonyl (C=O) groups excluding carboxylic acids is 4. The summed E-state index contributed by atoms with van der Waals surface area (Å²) in [4.78, 5) is 51.0. The van der Waals surface area contributed by atoms with Crippen LogP contribution in [0.25, 0.3) is 0 Å². The standard InChI is InChI=1S/2C22H20BrF4NO3/c1-31-19(29)18-17(13-4-8-15(23)9-5-13)3-2-12-21(18,24)20(30)28-16-10-6-14(7-11-16)22(25,26)27;1-31-20(30)21(24)17(13-5-9-15(23)10-6-13)3-2-4-18(21)19(29)28-16-11-7-14(8-12-16)22(25,26)27/h4-11,17-18H,2-3,12H2,1H3,(H,28,30);5-12,17-18H,2-4H2,1H3,(H,28,29)/t2*17-,18+,21+/m00/s1. The van der Waals surface area contributed by atoms with E-state index < -0.39 is 82.2 Å². The van der Waals surface area contributed by atoms with Crippen LogP contribution in [-0.4, -0.2) is 49.3 Å². The molecule has 18 heteroatoms. The lowest BCUT2D eigenvalue weighted by Crippen LogP contribution is -2.54. The lowest BCUT2D eigenvalue weighted by molar-refractivity contribution is -0.166. The third-order valence-electron chi connectivity index (χ3n) is 11.1. The third-order valence-corrected chi connectivity index (χ3v) is 12.2. The number of amides is 2. The molecular weight excluding hydrogens is 964 g/mol. The molecule has 0 saturated heterocycles. The van der Waals surface area contributed by atoms with E-state index in [1.54, 1.807) is 48.5 Å². The van der Waals surface area contributed by atoms with Crippen LogP contribution in [0.2, 0.25) is 0 Å². The summed E-state index contributed by atoms with van der Waals surface area (Å²) < 4.78 is 120. The first kappa shape index (κ1) is 48.2. The van der Waals surface area contributed by atoms with Crippen molar-refractivity contribution < 1.29 is 63.8 Å². The minimum atomic E-state index is -4.53. The van der Waals surface area contributed by atoms with Crippen LogP contribution in [0.15, 0.2) is 106 Å². The number of ether oxygens (including phenoxy) is 2. The zero-order valence-electron chi connectivity index (χ0n) is 33.0. The van der Waals surface area contributed by atoms with E-state index in [4.69, 9.17) is 9.47 Å². The molecule has 0 aliphatic heterocycles. The highest BCUT2D eigenvalue weighted by Crippen LogP contribution is 2.49. The summed E-state index contributed by atoms with van der Waals surface area (Å²) >= 11 is 6.64. The number of benzene rings is 4. The number of methoxy groups -OCH3 is 2. The Balaban J connectivity index is 0.000000234. The zero-order chi connectivity index (χ0) is 45.6. The van der Waals surface area contributed by atoms with Crippen LogP contribution < -0.4 is 10.6 Å². The Hall–Kier alpha value is -4.84. The van der Waals surface area contributed by atoms with Crippen LogP contribution in [0, 0.1) is 11.8 Å². The Morgan fingerprint density at radius 1 is 0.629 bits per heavy atom. The molecule has 6 rings (SSSR count). The molecule has 332 valence electrons. The van der Waals surface area contributed by atoms with E-state index in [1.165, 1.54) is 0 Å². The average molecular weight is 1000 g/mol. The van der Waals surface area contributed by atoms with Crippen molar-refractivity contribution in [2.45, 2.75) is 74.1 Å². The Morgan fingerprint density at radius 3 is 1.58 bits per heavy atom. The number of halogens is 10. The summed E-state index contributed by atoms with van der Waals surface area (Å²) in [5, 5.41) is 4.77. The summed E-state index contributed by atoms with van der Waals surface area (Å²) in [6.45, 7) is 0. The van der Waals surface area contributed by atoms with Crippen molar-refractivity contribution in [1.82, 2.24) is 0 Å². The molecular formula is C44H40Br2F8N2O6. The monoisotopic (exact) mass is 1000 g/mol. The van der Waals surface area contributed by atoms with Gasteiger partial charge in [0.1, 0.15) is 5.92 Å². The van der Waals surface area contributed by atoms with Crippen molar-refractivity contribution in [3.05, 3.63) is 128 Å². The molecule has 2 amide bonds. The molecule has 2 saturated carbocycles. The summed E-state index contributed by atoms with van der Waals surface area (Å²) in [6.07, 6.45) is -7.46. The minimum Gasteiger partial charge on any atom is -0.469 e. The first-order valence-corrected chi connectivity index (χ1v) is 20.7. The van der Waals surface area contributed by atoms with Crippen LogP contribution in [0.4, 0.5) is 46.5 Å². The predicted octanol–water partition coefficient (Wildman–Crippen LogP) is 11.7. The summed E-state index contributed by atoms with van der Waals surface area (Å²) in [5.74, 6) is -8.08. The second kappa shape index (κ2) is 19.7. The highest BCUT2D eigenvalue weighted by Gasteiger charge is 2.59. The number of rotatable bonds is 8. The maximum absolute atomic E-state index is 16.4. The van der Waals surface area contributed by atoms with Crippen LogP contribution in [-0.2, 0) is 41.0 Å². The van der Waals surface area contributed by atoms with Gasteiger partial charge in [-0.05, 0) is 116 Å². The van der Waals surface area contributed by atoms with Gasteiger partial charge in [-0.3, -0.25) is 14.4 Å². The van der Waals surface area contributed by atoms with Gasteiger partial charge in [0, 0.05) is 32.2 Å². The van der Waals surface area contributed by atoms with E-state index in [1.807, 2.05) is 0 Å². The molecule has 0 aromatic heterocycles. The molecule has 0 spiro atoms. The number of nitrogens with one attached hydrogen (secondary N) is 2. The van der Waals surface area contributed by atoms with Gasteiger partial charge in [0.2, 0.25) is 17.2 Å². The van der Waals surface area contributed by atoms with Gasteiger partial charge in [0.25, 0.3) is 5.91 Å². The fraction of sp³-hybridized carbons (Fsp3) is 0.364. The van der Waals surface area contributed by atoms with Crippen molar-refractivity contribution >= 4 is 67.0 Å². The van der Waals surface area contributed by atoms with Gasteiger partial charge in [-0.15, -0.1) is 0 Å². The van der Waals surface area contributed by atoms with Gasteiger partial charge in [-0.1, -0.05) is 62.5 Å². The molecule has 0 heterocycles. The Morgan fingerprint density at radius 2 is 1.11 bits per heavy atom. The minimum absolute atomic E-state index is 0.00408. The fourth-order valence-electron chi connectivity index (χ4n) is 8.03. The van der Waals surface area contributed by atoms with E-state index in [2.05, 4.69) is 42.5 Å². The number of esters is 2. The van der Waals surface area contributed by atoms with Crippen molar-refractivity contribution in [2.24, 2.45) is 11.8 Å². The van der Waals surface area contributed by atoms with Gasteiger partial charge in [-0.2, -0.15) is 26.3 Å². The van der Waals surface area contributed by atoms with Gasteiger partial charge >= 0.3 is 24.3 Å². The van der Waals surface area contributed by atoms with Crippen LogP contribution in [0.3, 0.4) is 0 Å². The molecule has 6 atom stereocenters. The fourth-order valence-corrected chi connectivity index (χ4v) is 8.56. The Labute approximate surface area is 368 Å². The molecule has 4 aromatic rings. The van der Waals surface area contributed by atoms with E-state index in [0.29, 0.717) is 36.8 Å². The number of hydrogen-bond donors (Lipinski definition) is 2. The first-order chi connectivity index (χ1) is 29.1. The van der Waals surface area contributed by atoms with Crippen molar-refractivity contribution in [3.8, 4) is 0 Å². The Kier molecular flexibility index (Phi) is 15.3. The molecule has 2 N–H and O–H groups in total. The SMILES string of the molecule is COC(=O)[C@H]1[C@H](c2ccc(Br)cc2)CCC[C@]1(F)C(=O)Nc1ccc(C(F)(F)F)cc1.COC(=O)[C@]1(F)[C@@H](C(=O)Nc2ccc(C(F)(F)F)cc2)CCC[C@H]1c1ccc(Br)cc1. The van der Waals surface area contributed by atoms with Crippen LogP contribution in [0.1, 0.15) is 72.6 Å². The Bertz CT molecular complexity index is 2210. The normalized spacial score (nSPS) is 23.8. The maximum atomic E-state index is 16.4. The van der Waals surface area contributed by atoms with Gasteiger partial charge in [0.15, 0.2) is 0 Å². The second-order valence-electron chi connectivity index (χ2n) is 14.9. The largest absolute Gasteiger partial charge is 0.469 e. The third kappa shape index (κ3) is 10.8. The highest BCUT2D eigenvalue weighted by atomic mass is 79.9. The first-order valence-electron chi connectivity index (χ1n) is 19.1. The van der Waals surface area contributed by atoms with E-state index in [9.17, 15) is 45.5 Å². The van der Waals surface area contributed by atoms with Gasteiger partial charge in [0.05, 0.1) is 31.3 Å². The molecule has 4 aromatic carbocycles. The smallest absolute Gasteiger partial charge is 0.416 e. The molecule has 62 heavy (non-hydrogen) atoms. The lowest BCUT2D eigenvalue weighted by atomic mass is 9.66. The molecule has 2 aliphatic rings. The molecule has 0 bridgehead atoms. The lowest BCUT2D eigenvalue weighted by Gasteiger charge is -2.41. The van der Waals surface area contributed by atoms with Gasteiger partial charge < -0.3 is 20.1 Å². The van der Waals surface area contributed by atoms with Crippen LogP contribution in [0.5, 0.6) is 0 Å². The van der Waals surface area contributed by atoms with Crippen LogP contribution >= 0.6 is 31.9 Å². The molecule has 2 fully saturated rings. The molecule has 2 aliphatic carbocycles. The van der Waals surface area contributed by atoms with Crippen molar-refractivity contribution in [1.29, 1.82) is 0 Å². The molecule has 8 nitrogen and oxygen atoms in total. The molecule has 0 radical (unpaired) electrons. The summed E-state index contributed by atoms with van der Waals surface area (Å²) in [5.41, 5.74) is -5.61. The topological polar surface area (TPSA) is 111 Å². The number of alkyl halides is 8. The number of anilines is 2. The zero-order valence-corrected chi connectivity index (χ0v) is 36.2. The van der Waals surface area contributed by atoms with Crippen molar-refractivity contribution in [3.63, 3.8) is 0 Å². The summed E-state index contributed by atoms with van der Waals surface area (Å²) in [7, 11) is 2.19. The average Bonchev–Trinajstić information content (AvgIpc) is 3.23. The maximum Gasteiger partial charge on any atom is 0.416 e. The van der Waals surface area contributed by atoms with E-state index in [-0.39, 0.29) is 24.2 Å². The number of carbonyl (C=O) groups is 4. The van der Waals surface area contributed by atoms with Crippen molar-refractivity contribution in [2.75, 3.05) is 24.9 Å². The second-order valence-corrected chi connectivity index (χ2v) is 16.7. The summed E-state index contributed by atoms with van der Waals surface area (Å²) in [6, 6.07) is 21.4. The van der Waals surface area contributed by atoms with E-state index >= 15 is 8.78 Å². The van der Waals surface area contributed by atoms with Gasteiger partial charge in [-0.25, -0.2) is 13.6 Å². The highest BCUT2D eigenvalue weighted by molar-refractivity contribution is 9.10. The quantitative estimate of drug-likeness (QED) is 0.134. The van der Waals surface area contributed by atoms with E-state index in [0.717, 1.165) is 71.7 Å².